The third kappa shape index (κ3) is 7.35. The van der Waals surface area contributed by atoms with Gasteiger partial charge < -0.3 is 43.3 Å². The van der Waals surface area contributed by atoms with Crippen LogP contribution in [0.15, 0.2) is 261 Å². The molecule has 0 fully saturated rings. The average Bonchev–Trinajstić information content (AvgIpc) is 1.00. The molecule has 86 heavy (non-hydrogen) atoms. The smallest absolute Gasteiger partial charge is 0.260 e. The number of hydrogen-bond donors (Lipinski definition) is 0. The van der Waals surface area contributed by atoms with Crippen molar-refractivity contribution in [1.29, 1.82) is 0 Å². The minimum absolute atomic E-state index is 0.144. The number of fused-ring (bicyclic) bond motifs is 12. The summed E-state index contributed by atoms with van der Waals surface area (Å²) in [6.45, 7) is -0.585. The molecule has 0 N–H and O–H groups in total. The van der Waals surface area contributed by atoms with Crippen LogP contribution in [-0.4, -0.2) is 34.2 Å². The van der Waals surface area contributed by atoms with E-state index in [1.165, 1.54) is 32.8 Å². The third-order valence-electron chi connectivity index (χ3n) is 18.0. The molecule has 0 saturated carbocycles. The number of rotatable bonds is 8. The first-order chi connectivity index (χ1) is 42.5. The number of hydrogen-bond acceptors (Lipinski definition) is 9. The molecule has 18 rings (SSSR count). The summed E-state index contributed by atoms with van der Waals surface area (Å²) in [6, 6.07) is 91.4. The molecule has 0 spiro atoms. The Kier molecular flexibility index (Phi) is 10.6. The minimum atomic E-state index is -0.297. The highest BCUT2D eigenvalue weighted by molar-refractivity contribution is 7.03. The maximum absolute atomic E-state index is 7.33. The van der Waals surface area contributed by atoms with E-state index in [1.54, 1.807) is 0 Å². The van der Waals surface area contributed by atoms with E-state index in [-0.39, 0.29) is 20.1 Å². The van der Waals surface area contributed by atoms with Gasteiger partial charge in [-0.2, -0.15) is 0 Å². The van der Waals surface area contributed by atoms with Gasteiger partial charge in [0, 0.05) is 125 Å². The highest BCUT2D eigenvalue weighted by atomic mass is 16.5. The Balaban J connectivity index is 0.855. The van der Waals surface area contributed by atoms with Gasteiger partial charge in [-0.1, -0.05) is 140 Å². The molecule has 6 aliphatic heterocycles. The summed E-state index contributed by atoms with van der Waals surface area (Å²) < 4.78 is 34.8. The van der Waals surface area contributed by atoms with Crippen molar-refractivity contribution >= 4 is 126 Å². The molecular weight excluding hydrogens is 1060 g/mol. The minimum Gasteiger partial charge on any atom is -0.458 e. The Morgan fingerprint density at radius 3 is 1.00 bits per heavy atom. The van der Waals surface area contributed by atoms with Gasteiger partial charge in [0.15, 0.2) is 0 Å². The summed E-state index contributed by atoms with van der Waals surface area (Å²) in [6.07, 6.45) is 0. The predicted molar refractivity (Wildman–Crippen MR) is 351 cm³/mol. The summed E-state index contributed by atoms with van der Waals surface area (Å²) in [7, 11) is 4.35. The van der Waals surface area contributed by atoms with Crippen LogP contribution in [0.2, 0.25) is 0 Å². The van der Waals surface area contributed by atoms with Gasteiger partial charge in [0.25, 0.3) is 20.1 Å². The van der Waals surface area contributed by atoms with Gasteiger partial charge in [0.05, 0.1) is 0 Å². The fourth-order valence-electron chi connectivity index (χ4n) is 14.4. The quantitative estimate of drug-likeness (QED) is 0.139. The molecule has 0 radical (unpaired) electrons. The van der Waals surface area contributed by atoms with Gasteiger partial charge in [-0.05, 0) is 116 Å². The number of nitrogens with zero attached hydrogens (tertiary/aromatic N) is 4. The van der Waals surface area contributed by atoms with Crippen molar-refractivity contribution in [1.82, 2.24) is 0 Å². The second kappa shape index (κ2) is 18.8. The molecule has 12 heteroatoms. The van der Waals surface area contributed by atoms with E-state index in [0.717, 1.165) is 114 Å². The largest absolute Gasteiger partial charge is 0.458 e. The number of benzene rings is 12. The zero-order valence-corrected chi connectivity index (χ0v) is 46.9. The van der Waals surface area contributed by atoms with Crippen LogP contribution in [0.1, 0.15) is 0 Å². The average molecular weight is 1110 g/mol. The molecule has 6 aliphatic rings. The molecule has 0 aliphatic carbocycles. The Morgan fingerprint density at radius 1 is 0.256 bits per heavy atom. The number of ether oxygens (including phenoxy) is 5. The Labute approximate surface area is 499 Å². The molecule has 12 aromatic rings. The summed E-state index contributed by atoms with van der Waals surface area (Å²) in [5.41, 5.74) is 21.0. The first kappa shape index (κ1) is 48.6. The zero-order chi connectivity index (χ0) is 56.7. The van der Waals surface area contributed by atoms with E-state index >= 15 is 0 Å². The molecule has 0 unspecified atom stereocenters. The van der Waals surface area contributed by atoms with Crippen molar-refractivity contribution in [3.05, 3.63) is 261 Å². The van der Waals surface area contributed by atoms with Gasteiger partial charge in [0.2, 0.25) is 0 Å². The van der Waals surface area contributed by atoms with Crippen LogP contribution in [-0.2, 0) is 0 Å². The SMILES string of the molecule is CN1c2cc3c(cc2B2c4ccccc4N(c4ccccc4)c4cc(Oc5ccccc5)cc1c42)B1c2cc4c(cc2Oc2cc(Oc5ccccc5)cc(c21)O3)N(C)c1cc(Oc2ccccc2)cc2c1B4c1ccccc1N2c1ccccc1. The lowest BCUT2D eigenvalue weighted by Gasteiger charge is -2.44. The molecular formula is C74H49B3N4O5. The molecule has 0 saturated heterocycles. The first-order valence-electron chi connectivity index (χ1n) is 29.3. The summed E-state index contributed by atoms with van der Waals surface area (Å²) in [4.78, 5) is 9.46. The summed E-state index contributed by atoms with van der Waals surface area (Å²) >= 11 is 0. The maximum atomic E-state index is 7.33. The first-order valence-corrected chi connectivity index (χ1v) is 29.3. The van der Waals surface area contributed by atoms with Crippen LogP contribution in [0.5, 0.6) is 57.5 Å². The second-order valence-electron chi connectivity index (χ2n) is 22.8. The van der Waals surface area contributed by atoms with Gasteiger partial charge in [-0.15, -0.1) is 0 Å². The maximum Gasteiger partial charge on any atom is 0.260 e. The Bertz CT molecular complexity index is 4490. The lowest BCUT2D eigenvalue weighted by molar-refractivity contribution is 0.443. The van der Waals surface area contributed by atoms with Crippen LogP contribution in [0, 0.1) is 0 Å². The van der Waals surface area contributed by atoms with Gasteiger partial charge >= 0.3 is 0 Å². The van der Waals surface area contributed by atoms with Crippen molar-refractivity contribution in [2.45, 2.75) is 0 Å². The van der Waals surface area contributed by atoms with Crippen LogP contribution in [0.4, 0.5) is 56.9 Å². The van der Waals surface area contributed by atoms with E-state index in [4.69, 9.17) is 23.7 Å². The van der Waals surface area contributed by atoms with Gasteiger partial charge in [-0.25, -0.2) is 0 Å². The Hall–Kier alpha value is -11.0. The highest BCUT2D eigenvalue weighted by Gasteiger charge is 2.49. The monoisotopic (exact) mass is 1110 g/mol. The zero-order valence-electron chi connectivity index (χ0n) is 46.9. The molecule has 0 amide bonds. The summed E-state index contributed by atoms with van der Waals surface area (Å²) in [5, 5.41) is 0. The lowest BCUT2D eigenvalue weighted by atomic mass is 9.29. The van der Waals surface area contributed by atoms with Crippen molar-refractivity contribution in [3.63, 3.8) is 0 Å². The van der Waals surface area contributed by atoms with E-state index in [9.17, 15) is 0 Å². The number of para-hydroxylation sites is 7. The molecule has 0 aromatic heterocycles. The van der Waals surface area contributed by atoms with Gasteiger partial charge in [-0.3, -0.25) is 0 Å². The summed E-state index contributed by atoms with van der Waals surface area (Å²) in [5.74, 6) is 7.29. The van der Waals surface area contributed by atoms with Gasteiger partial charge in [0.1, 0.15) is 57.5 Å². The predicted octanol–water partition coefficient (Wildman–Crippen LogP) is 12.6. The third-order valence-corrected chi connectivity index (χ3v) is 18.0. The fraction of sp³-hybridized carbons (Fsp3) is 0.0270. The molecule has 12 aromatic carbocycles. The topological polar surface area (TPSA) is 59.1 Å². The lowest BCUT2D eigenvalue weighted by Crippen LogP contribution is -2.65. The van der Waals surface area contributed by atoms with Crippen LogP contribution >= 0.6 is 0 Å². The fourth-order valence-corrected chi connectivity index (χ4v) is 14.4. The van der Waals surface area contributed by atoms with E-state index in [1.807, 2.05) is 103 Å². The number of anilines is 10. The second-order valence-corrected chi connectivity index (χ2v) is 22.8. The highest BCUT2D eigenvalue weighted by Crippen LogP contribution is 2.48. The van der Waals surface area contributed by atoms with Crippen LogP contribution < -0.4 is 92.4 Å². The van der Waals surface area contributed by atoms with Crippen molar-refractivity contribution < 1.29 is 23.7 Å². The van der Waals surface area contributed by atoms with E-state index in [2.05, 4.69) is 191 Å². The molecule has 9 nitrogen and oxygen atoms in total. The molecule has 0 bridgehead atoms. The molecule has 404 valence electrons. The van der Waals surface area contributed by atoms with Crippen molar-refractivity contribution in [2.75, 3.05) is 33.7 Å². The van der Waals surface area contributed by atoms with Crippen LogP contribution in [0.25, 0.3) is 0 Å². The van der Waals surface area contributed by atoms with E-state index in [0.29, 0.717) is 17.2 Å². The van der Waals surface area contributed by atoms with Crippen molar-refractivity contribution in [2.24, 2.45) is 0 Å². The Morgan fingerprint density at radius 2 is 0.593 bits per heavy atom. The molecule has 0 atom stereocenters. The normalized spacial score (nSPS) is 13.7. The van der Waals surface area contributed by atoms with Crippen LogP contribution in [0.3, 0.4) is 0 Å². The standard InChI is InChI=1S/C74H49B3N4O5/c1-78-62-44-68-58(42-56(62)75-54-32-18-20-34-60(54)80(46-22-8-3-9-23-46)66-38-51(36-64(78)72(66)75)82-48-26-12-5-13-27-48)77-59-43-57-63(45-69(59)86-71-41-53(40-70(85-68)74(71)77)84-50-30-16-7-17-31-50)79(2)65-37-52(83-49-28-14-6-15-29-49)39-67-73(65)76(57)55-33-19-21-35-61(55)81(67)47-24-10-4-11-25-47/h3-45H,1-2H3. The van der Waals surface area contributed by atoms with E-state index < -0.39 is 0 Å². The molecule has 6 heterocycles. The van der Waals surface area contributed by atoms with Crippen molar-refractivity contribution in [3.8, 4) is 57.5 Å².